The number of hydrogen-bond donors (Lipinski definition) is 1. The molecule has 8 heteroatoms. The number of carbonyl (C=O) groups is 2. The van der Waals surface area contributed by atoms with Crippen molar-refractivity contribution in [2.75, 3.05) is 26.2 Å². The van der Waals surface area contributed by atoms with Crippen molar-refractivity contribution in [3.05, 3.63) is 80.9 Å². The van der Waals surface area contributed by atoms with Crippen molar-refractivity contribution in [2.45, 2.75) is 26.8 Å². The second-order valence-electron chi connectivity index (χ2n) is 7.68. The van der Waals surface area contributed by atoms with Gasteiger partial charge >= 0.3 is 0 Å². The Labute approximate surface area is 186 Å². The molecule has 1 saturated heterocycles. The fourth-order valence-electron chi connectivity index (χ4n) is 4.01. The standard InChI is InChI=1S/C24H27N3O5/c1-4-25(5-2)14-15-26-21(19-9-7-6-8-16(19)3)20(23(29)24(26)30)22(28)17-10-12-18(13-11-17)27(31)32/h6-13,21,28H,4-5,14-15H2,1-3H3/b22-20+. The first kappa shape index (κ1) is 23.1. The van der Waals surface area contributed by atoms with Gasteiger partial charge in [0, 0.05) is 30.8 Å². The Bertz CT molecular complexity index is 1060. The van der Waals surface area contributed by atoms with Gasteiger partial charge in [-0.05, 0) is 43.3 Å². The van der Waals surface area contributed by atoms with Gasteiger partial charge in [0.15, 0.2) is 0 Å². The zero-order chi connectivity index (χ0) is 23.4. The molecular formula is C24H27N3O5. The molecule has 32 heavy (non-hydrogen) atoms. The smallest absolute Gasteiger partial charge is 0.295 e. The molecule has 1 amide bonds. The number of nitrogens with zero attached hydrogens (tertiary/aromatic N) is 3. The Kier molecular flexibility index (Phi) is 7.05. The molecule has 0 radical (unpaired) electrons. The van der Waals surface area contributed by atoms with Crippen molar-refractivity contribution in [1.29, 1.82) is 0 Å². The molecule has 1 atom stereocenters. The third-order valence-corrected chi connectivity index (χ3v) is 5.93. The minimum atomic E-state index is -0.756. The van der Waals surface area contributed by atoms with Crippen LogP contribution in [0.1, 0.15) is 36.6 Å². The van der Waals surface area contributed by atoms with Gasteiger partial charge in [0.2, 0.25) is 0 Å². The van der Waals surface area contributed by atoms with Gasteiger partial charge in [-0.25, -0.2) is 0 Å². The molecule has 1 N–H and O–H groups in total. The molecule has 2 aromatic carbocycles. The van der Waals surface area contributed by atoms with Gasteiger partial charge in [0.05, 0.1) is 16.5 Å². The van der Waals surface area contributed by atoms with Crippen LogP contribution >= 0.6 is 0 Å². The lowest BCUT2D eigenvalue weighted by Gasteiger charge is -2.29. The molecule has 3 rings (SSSR count). The van der Waals surface area contributed by atoms with E-state index >= 15 is 0 Å². The number of non-ortho nitro benzene ring substituents is 1. The highest BCUT2D eigenvalue weighted by Crippen LogP contribution is 2.40. The van der Waals surface area contributed by atoms with Gasteiger partial charge < -0.3 is 14.9 Å². The third-order valence-electron chi connectivity index (χ3n) is 5.93. The SMILES string of the molecule is CCN(CC)CCN1C(=O)C(=O)/C(=C(/O)c2ccc([N+](=O)[O-])cc2)C1c1ccccc1C. The van der Waals surface area contributed by atoms with Crippen LogP contribution in [0.5, 0.6) is 0 Å². The summed E-state index contributed by atoms with van der Waals surface area (Å²) in [5.41, 5.74) is 1.77. The largest absolute Gasteiger partial charge is 0.507 e. The zero-order valence-corrected chi connectivity index (χ0v) is 18.4. The van der Waals surface area contributed by atoms with Gasteiger partial charge in [0.1, 0.15) is 5.76 Å². The fraction of sp³-hybridized carbons (Fsp3) is 0.333. The molecule has 168 valence electrons. The number of rotatable bonds is 8. The second-order valence-corrected chi connectivity index (χ2v) is 7.68. The minimum absolute atomic E-state index is 0.00213. The van der Waals surface area contributed by atoms with E-state index in [9.17, 15) is 24.8 Å². The number of nitro benzene ring substituents is 1. The Morgan fingerprint density at radius 3 is 2.28 bits per heavy atom. The molecule has 0 aliphatic carbocycles. The van der Waals surface area contributed by atoms with Crippen LogP contribution in [0.25, 0.3) is 5.76 Å². The number of benzene rings is 2. The van der Waals surface area contributed by atoms with E-state index < -0.39 is 22.7 Å². The number of likely N-dealkylation sites (N-methyl/N-ethyl adjacent to an activating group) is 1. The summed E-state index contributed by atoms with van der Waals surface area (Å²) in [7, 11) is 0. The number of carbonyl (C=O) groups excluding carboxylic acids is 2. The summed E-state index contributed by atoms with van der Waals surface area (Å²) in [4.78, 5) is 40.1. The van der Waals surface area contributed by atoms with Crippen LogP contribution < -0.4 is 0 Å². The maximum atomic E-state index is 13.1. The summed E-state index contributed by atoms with van der Waals surface area (Å²) in [5.74, 6) is -1.75. The Morgan fingerprint density at radius 1 is 1.09 bits per heavy atom. The number of amides is 1. The van der Waals surface area contributed by atoms with E-state index in [1.807, 2.05) is 45.0 Å². The Morgan fingerprint density at radius 2 is 1.72 bits per heavy atom. The topological polar surface area (TPSA) is 104 Å². The van der Waals surface area contributed by atoms with Crippen LogP contribution in [-0.4, -0.2) is 57.7 Å². The van der Waals surface area contributed by atoms with Crippen LogP contribution in [0, 0.1) is 17.0 Å². The first-order chi connectivity index (χ1) is 15.3. The van der Waals surface area contributed by atoms with Crippen molar-refractivity contribution in [3.8, 4) is 0 Å². The third kappa shape index (κ3) is 4.40. The fourth-order valence-corrected chi connectivity index (χ4v) is 4.01. The highest BCUT2D eigenvalue weighted by atomic mass is 16.6. The lowest BCUT2D eigenvalue weighted by molar-refractivity contribution is -0.384. The zero-order valence-electron chi connectivity index (χ0n) is 18.4. The molecule has 8 nitrogen and oxygen atoms in total. The Hall–Kier alpha value is -3.52. The van der Waals surface area contributed by atoms with E-state index in [1.54, 1.807) is 0 Å². The van der Waals surface area contributed by atoms with E-state index in [0.29, 0.717) is 13.1 Å². The molecule has 0 bridgehead atoms. The van der Waals surface area contributed by atoms with Gasteiger partial charge in [-0.3, -0.25) is 19.7 Å². The van der Waals surface area contributed by atoms with Gasteiger partial charge in [-0.2, -0.15) is 0 Å². The van der Waals surface area contributed by atoms with Crippen molar-refractivity contribution in [1.82, 2.24) is 9.80 Å². The summed E-state index contributed by atoms with van der Waals surface area (Å²) in [6.45, 7) is 8.53. The monoisotopic (exact) mass is 437 g/mol. The van der Waals surface area contributed by atoms with Gasteiger partial charge in [-0.15, -0.1) is 0 Å². The summed E-state index contributed by atoms with van der Waals surface area (Å²) in [6.07, 6.45) is 0. The number of aryl methyl sites for hydroxylation is 1. The number of aliphatic hydroxyl groups excluding tert-OH is 1. The molecule has 2 aromatic rings. The van der Waals surface area contributed by atoms with Gasteiger partial charge in [0.25, 0.3) is 17.4 Å². The van der Waals surface area contributed by atoms with Crippen LogP contribution in [0.15, 0.2) is 54.1 Å². The number of aliphatic hydroxyl groups is 1. The molecule has 1 unspecified atom stereocenters. The molecule has 1 aliphatic heterocycles. The Balaban J connectivity index is 2.11. The molecule has 1 aliphatic rings. The van der Waals surface area contributed by atoms with Crippen LogP contribution in [0.3, 0.4) is 0 Å². The number of likely N-dealkylation sites (tertiary alicyclic amines) is 1. The second kappa shape index (κ2) is 9.74. The summed E-state index contributed by atoms with van der Waals surface area (Å²) >= 11 is 0. The van der Waals surface area contributed by atoms with Gasteiger partial charge in [-0.1, -0.05) is 38.1 Å². The van der Waals surface area contributed by atoms with E-state index in [1.165, 1.54) is 29.2 Å². The predicted molar refractivity (Wildman–Crippen MR) is 121 cm³/mol. The van der Waals surface area contributed by atoms with Crippen LogP contribution in [0.4, 0.5) is 5.69 Å². The van der Waals surface area contributed by atoms with E-state index in [-0.39, 0.29) is 22.6 Å². The normalized spacial score (nSPS) is 17.9. The minimum Gasteiger partial charge on any atom is -0.507 e. The van der Waals surface area contributed by atoms with Crippen molar-refractivity contribution >= 4 is 23.1 Å². The number of ketones is 1. The molecular weight excluding hydrogens is 410 g/mol. The summed E-state index contributed by atoms with van der Waals surface area (Å²) in [5, 5.41) is 22.0. The van der Waals surface area contributed by atoms with E-state index in [0.717, 1.165) is 24.2 Å². The average Bonchev–Trinajstić information content (AvgIpc) is 3.04. The first-order valence-corrected chi connectivity index (χ1v) is 10.6. The maximum Gasteiger partial charge on any atom is 0.295 e. The maximum absolute atomic E-state index is 13.1. The summed E-state index contributed by atoms with van der Waals surface area (Å²) < 4.78 is 0. The molecule has 1 heterocycles. The number of nitro groups is 1. The van der Waals surface area contributed by atoms with E-state index in [2.05, 4.69) is 4.90 Å². The summed E-state index contributed by atoms with van der Waals surface area (Å²) in [6, 6.07) is 12.0. The predicted octanol–water partition coefficient (Wildman–Crippen LogP) is 3.67. The molecule has 1 fully saturated rings. The lowest BCUT2D eigenvalue weighted by atomic mass is 9.92. The lowest BCUT2D eigenvalue weighted by Crippen LogP contribution is -2.38. The number of Topliss-reactive ketones (excluding diaryl/α,β-unsaturated/α-hetero) is 1. The quantitative estimate of drug-likeness (QED) is 0.222. The van der Waals surface area contributed by atoms with Crippen LogP contribution in [0.2, 0.25) is 0 Å². The highest BCUT2D eigenvalue weighted by molar-refractivity contribution is 6.46. The highest BCUT2D eigenvalue weighted by Gasteiger charge is 2.46. The number of hydrogen-bond acceptors (Lipinski definition) is 6. The van der Waals surface area contributed by atoms with Crippen molar-refractivity contribution in [3.63, 3.8) is 0 Å². The molecule has 0 saturated carbocycles. The first-order valence-electron chi connectivity index (χ1n) is 10.6. The van der Waals surface area contributed by atoms with Crippen LogP contribution in [-0.2, 0) is 9.59 Å². The van der Waals surface area contributed by atoms with Crippen molar-refractivity contribution < 1.29 is 19.6 Å². The van der Waals surface area contributed by atoms with Crippen molar-refractivity contribution in [2.24, 2.45) is 0 Å². The average molecular weight is 437 g/mol. The van der Waals surface area contributed by atoms with E-state index in [4.69, 9.17) is 0 Å². The molecule has 0 spiro atoms. The molecule has 0 aromatic heterocycles.